The molecule has 13 heteroatoms. The first kappa shape index (κ1) is 26.9. The molecule has 2 aromatic carbocycles. The summed E-state index contributed by atoms with van der Waals surface area (Å²) >= 11 is 0. The van der Waals surface area contributed by atoms with Crippen molar-refractivity contribution in [3.05, 3.63) is 75.8 Å². The Morgan fingerprint density at radius 2 is 1.89 bits per heavy atom. The Labute approximate surface area is 214 Å². The molecule has 0 unspecified atom stereocenters. The standard InChI is InChI=1S/C24H27FN4O6S2/c1-13-10-14(8-9-17(13)25)12-29-22(24(2,3)4)20(30)18(23(29)31)19-16-7-5-6-15(11-27-37(26,34)35)21(16)36(32,33)28-19/h5-10,22,27,30H,11-12H2,1-4H3,(H2,26,34,35)/t22-/m1/s1. The molecule has 2 aromatic rings. The zero-order chi connectivity index (χ0) is 27.5. The summed E-state index contributed by atoms with van der Waals surface area (Å²) in [7, 11) is -8.43. The Hall–Kier alpha value is -3.13. The number of halogens is 1. The third-order valence-electron chi connectivity index (χ3n) is 6.22. The predicted molar refractivity (Wildman–Crippen MR) is 135 cm³/mol. The molecule has 0 spiro atoms. The molecule has 2 aliphatic rings. The number of nitrogens with zero attached hydrogens (tertiary/aromatic N) is 2. The fraction of sp³-hybridized carbons (Fsp3) is 0.333. The third-order valence-corrected chi connectivity index (χ3v) is 8.19. The molecule has 0 saturated carbocycles. The summed E-state index contributed by atoms with van der Waals surface area (Å²) in [6.07, 6.45) is 0. The van der Waals surface area contributed by atoms with E-state index in [0.717, 1.165) is 0 Å². The summed E-state index contributed by atoms with van der Waals surface area (Å²) < 4.78 is 68.5. The fourth-order valence-corrected chi connectivity index (χ4v) is 6.50. The molecule has 4 N–H and O–H groups in total. The van der Waals surface area contributed by atoms with Crippen LogP contribution in [0.15, 0.2) is 57.0 Å². The number of nitrogens with one attached hydrogen (secondary N) is 1. The van der Waals surface area contributed by atoms with E-state index in [4.69, 9.17) is 5.14 Å². The van der Waals surface area contributed by atoms with Gasteiger partial charge in [-0.2, -0.15) is 26.0 Å². The second-order valence-corrected chi connectivity index (χ2v) is 13.0. The maximum absolute atomic E-state index is 13.8. The van der Waals surface area contributed by atoms with Gasteiger partial charge in [-0.1, -0.05) is 51.1 Å². The van der Waals surface area contributed by atoms with E-state index in [-0.39, 0.29) is 45.4 Å². The van der Waals surface area contributed by atoms with Crippen molar-refractivity contribution in [1.29, 1.82) is 0 Å². The third kappa shape index (κ3) is 5.04. The number of aliphatic hydroxyl groups is 1. The maximum Gasteiger partial charge on any atom is 0.283 e. The highest BCUT2D eigenvalue weighted by atomic mass is 32.2. The van der Waals surface area contributed by atoms with Crippen LogP contribution in [0.25, 0.3) is 0 Å². The van der Waals surface area contributed by atoms with Crippen molar-refractivity contribution in [1.82, 2.24) is 9.62 Å². The first-order valence-electron chi connectivity index (χ1n) is 11.3. The minimum absolute atomic E-state index is 0.0423. The molecule has 2 heterocycles. The van der Waals surface area contributed by atoms with Gasteiger partial charge in [0.1, 0.15) is 27.8 Å². The van der Waals surface area contributed by atoms with Gasteiger partial charge in [0.25, 0.3) is 26.1 Å². The Kier molecular flexibility index (Phi) is 6.56. The van der Waals surface area contributed by atoms with Gasteiger partial charge in [0.2, 0.25) is 0 Å². The lowest BCUT2D eigenvalue weighted by molar-refractivity contribution is -0.129. The second kappa shape index (κ2) is 9.01. The highest BCUT2D eigenvalue weighted by Gasteiger charge is 2.49. The minimum Gasteiger partial charge on any atom is -0.509 e. The fourth-order valence-electron chi connectivity index (χ4n) is 4.71. The van der Waals surface area contributed by atoms with Gasteiger partial charge in [-0.3, -0.25) is 4.79 Å². The number of carbonyl (C=O) groups is 1. The number of sulfonamides is 1. The van der Waals surface area contributed by atoms with Gasteiger partial charge in [0, 0.05) is 18.7 Å². The zero-order valence-electron chi connectivity index (χ0n) is 20.6. The lowest BCUT2D eigenvalue weighted by Crippen LogP contribution is -2.43. The minimum atomic E-state index is -4.32. The smallest absolute Gasteiger partial charge is 0.283 e. The van der Waals surface area contributed by atoms with Crippen molar-refractivity contribution in [2.24, 2.45) is 15.0 Å². The van der Waals surface area contributed by atoms with Crippen LogP contribution in [0.5, 0.6) is 0 Å². The van der Waals surface area contributed by atoms with Crippen LogP contribution in [0, 0.1) is 18.2 Å². The van der Waals surface area contributed by atoms with Crippen molar-refractivity contribution in [3.63, 3.8) is 0 Å². The van der Waals surface area contributed by atoms with Crippen LogP contribution in [-0.4, -0.2) is 44.5 Å². The molecule has 1 atom stereocenters. The van der Waals surface area contributed by atoms with E-state index >= 15 is 0 Å². The quantitative estimate of drug-likeness (QED) is 0.500. The molecule has 0 bridgehead atoms. The molecule has 0 aliphatic carbocycles. The van der Waals surface area contributed by atoms with E-state index < -0.39 is 44.1 Å². The van der Waals surface area contributed by atoms with Crippen molar-refractivity contribution in [2.75, 3.05) is 0 Å². The number of aryl methyl sites for hydroxylation is 1. The Bertz CT molecular complexity index is 1590. The van der Waals surface area contributed by atoms with Gasteiger partial charge < -0.3 is 10.0 Å². The Balaban J connectivity index is 1.81. The summed E-state index contributed by atoms with van der Waals surface area (Å²) in [5, 5.41) is 16.3. The molecular formula is C24H27FN4O6S2. The maximum atomic E-state index is 13.8. The SMILES string of the molecule is Cc1cc(CN2C(=O)C(C3=NS(=O)(=O)c4c(CNS(N)(=O)=O)cccc43)=C(O)[C@@H]2C(C)(C)C)ccc1F. The topological polar surface area (TPSA) is 159 Å². The zero-order valence-corrected chi connectivity index (χ0v) is 22.2. The van der Waals surface area contributed by atoms with Gasteiger partial charge >= 0.3 is 0 Å². The summed E-state index contributed by atoms with van der Waals surface area (Å²) in [6, 6.07) is 7.96. The number of rotatable bonds is 6. The van der Waals surface area contributed by atoms with Gasteiger partial charge in [0.15, 0.2) is 0 Å². The Morgan fingerprint density at radius 3 is 2.49 bits per heavy atom. The lowest BCUT2D eigenvalue weighted by atomic mass is 9.84. The number of amides is 1. The van der Waals surface area contributed by atoms with Gasteiger partial charge in [-0.15, -0.1) is 0 Å². The normalized spacial score (nSPS) is 19.4. The lowest BCUT2D eigenvalue weighted by Gasteiger charge is -2.35. The molecule has 0 radical (unpaired) electrons. The van der Waals surface area contributed by atoms with Crippen molar-refractivity contribution < 1.29 is 31.1 Å². The highest BCUT2D eigenvalue weighted by Crippen LogP contribution is 2.41. The number of hydrogen-bond acceptors (Lipinski definition) is 6. The van der Waals surface area contributed by atoms with Crippen LogP contribution in [0.1, 0.15) is 43.0 Å². The summed E-state index contributed by atoms with van der Waals surface area (Å²) in [4.78, 5) is 14.9. The predicted octanol–water partition coefficient (Wildman–Crippen LogP) is 2.19. The highest BCUT2D eigenvalue weighted by molar-refractivity contribution is 7.91. The van der Waals surface area contributed by atoms with Crippen molar-refractivity contribution in [3.8, 4) is 0 Å². The average Bonchev–Trinajstić information content (AvgIpc) is 3.18. The summed E-state index contributed by atoms with van der Waals surface area (Å²) in [5.74, 6) is -1.35. The van der Waals surface area contributed by atoms with Gasteiger partial charge in [-0.25, -0.2) is 9.53 Å². The molecule has 0 fully saturated rings. The number of nitrogens with two attached hydrogens (primary N) is 1. The van der Waals surface area contributed by atoms with Gasteiger partial charge in [0.05, 0.1) is 6.04 Å². The second-order valence-electron chi connectivity index (χ2n) is 10.1. The number of hydrogen-bond donors (Lipinski definition) is 3. The van der Waals surface area contributed by atoms with Crippen LogP contribution >= 0.6 is 0 Å². The monoisotopic (exact) mass is 550 g/mol. The van der Waals surface area contributed by atoms with Crippen molar-refractivity contribution in [2.45, 2.75) is 51.7 Å². The van der Waals surface area contributed by atoms with Crippen LogP contribution in [0.3, 0.4) is 0 Å². The molecule has 10 nitrogen and oxygen atoms in total. The number of fused-ring (bicyclic) bond motifs is 1. The first-order chi connectivity index (χ1) is 17.0. The van der Waals surface area contributed by atoms with E-state index in [0.29, 0.717) is 11.1 Å². The molecule has 198 valence electrons. The van der Waals surface area contributed by atoms with E-state index in [1.54, 1.807) is 19.1 Å². The molecular weight excluding hydrogens is 523 g/mol. The van der Waals surface area contributed by atoms with Gasteiger partial charge in [-0.05, 0) is 35.1 Å². The van der Waals surface area contributed by atoms with E-state index in [1.165, 1.54) is 29.2 Å². The number of aliphatic hydroxyl groups excluding tert-OH is 1. The average molecular weight is 551 g/mol. The summed E-state index contributed by atoms with van der Waals surface area (Å²) in [6.45, 7) is 6.70. The molecule has 37 heavy (non-hydrogen) atoms. The molecule has 1 amide bonds. The van der Waals surface area contributed by atoms with Crippen LogP contribution in [0.4, 0.5) is 4.39 Å². The Morgan fingerprint density at radius 1 is 1.22 bits per heavy atom. The molecule has 2 aliphatic heterocycles. The largest absolute Gasteiger partial charge is 0.509 e. The first-order valence-corrected chi connectivity index (χ1v) is 14.2. The van der Waals surface area contributed by atoms with Crippen LogP contribution in [-0.2, 0) is 38.1 Å². The molecule has 0 saturated heterocycles. The van der Waals surface area contributed by atoms with E-state index in [1.807, 2.05) is 25.5 Å². The van der Waals surface area contributed by atoms with Crippen LogP contribution < -0.4 is 9.86 Å². The number of benzene rings is 2. The molecule has 4 rings (SSSR count). The summed E-state index contributed by atoms with van der Waals surface area (Å²) in [5.41, 5.74) is 0.0544. The molecule has 0 aromatic heterocycles. The van der Waals surface area contributed by atoms with E-state index in [9.17, 15) is 31.1 Å². The van der Waals surface area contributed by atoms with E-state index in [2.05, 4.69) is 4.40 Å². The van der Waals surface area contributed by atoms with Crippen LogP contribution in [0.2, 0.25) is 0 Å². The van der Waals surface area contributed by atoms with Crippen molar-refractivity contribution >= 4 is 31.9 Å². The number of carbonyl (C=O) groups excluding carboxylic acids is 1.